The lowest BCUT2D eigenvalue weighted by atomic mass is 9.95. The second-order valence-electron chi connectivity index (χ2n) is 7.11. The number of hydrogen-bond donors (Lipinski definition) is 2. The molecule has 1 saturated carbocycles. The lowest BCUT2D eigenvalue weighted by Gasteiger charge is -2.22. The van der Waals surface area contributed by atoms with Crippen LogP contribution in [0.15, 0.2) is 24.3 Å². The zero-order valence-corrected chi connectivity index (χ0v) is 15.6. The predicted molar refractivity (Wildman–Crippen MR) is 102 cm³/mol. The van der Waals surface area contributed by atoms with Crippen molar-refractivity contribution in [3.63, 3.8) is 0 Å². The van der Waals surface area contributed by atoms with Crippen LogP contribution in [0.5, 0.6) is 0 Å². The van der Waals surface area contributed by atoms with Crippen LogP contribution in [0.3, 0.4) is 0 Å². The van der Waals surface area contributed by atoms with E-state index in [1.54, 1.807) is 24.3 Å². The van der Waals surface area contributed by atoms with Crippen LogP contribution in [0, 0.1) is 0 Å². The van der Waals surface area contributed by atoms with E-state index in [0.29, 0.717) is 11.1 Å². The van der Waals surface area contributed by atoms with Crippen molar-refractivity contribution in [1.29, 1.82) is 0 Å². The molecule has 1 aliphatic rings. The summed E-state index contributed by atoms with van der Waals surface area (Å²) in [5.74, 6) is -0.158. The topological polar surface area (TPSA) is 58.2 Å². The van der Waals surface area contributed by atoms with E-state index in [9.17, 15) is 9.59 Å². The first-order valence-corrected chi connectivity index (χ1v) is 9.85. The van der Waals surface area contributed by atoms with E-state index in [-0.39, 0.29) is 23.9 Å². The molecule has 138 valence electrons. The lowest BCUT2D eigenvalue weighted by molar-refractivity contribution is 0.0927. The number of rotatable bonds is 8. The minimum absolute atomic E-state index is 0.0698. The molecule has 1 aromatic rings. The molecule has 4 nitrogen and oxygen atoms in total. The number of amides is 2. The Morgan fingerprint density at radius 2 is 1.76 bits per heavy atom. The minimum Gasteiger partial charge on any atom is -0.349 e. The summed E-state index contributed by atoms with van der Waals surface area (Å²) >= 11 is 0. The van der Waals surface area contributed by atoms with E-state index in [1.165, 1.54) is 19.3 Å². The highest BCUT2D eigenvalue weighted by atomic mass is 16.2. The molecule has 2 N–H and O–H groups in total. The fourth-order valence-electron chi connectivity index (χ4n) is 3.41. The average Bonchev–Trinajstić information content (AvgIpc) is 2.65. The Bertz CT molecular complexity index is 565. The van der Waals surface area contributed by atoms with Crippen LogP contribution in [0.4, 0.5) is 0 Å². The van der Waals surface area contributed by atoms with Crippen molar-refractivity contribution in [1.82, 2.24) is 10.6 Å². The van der Waals surface area contributed by atoms with Crippen LogP contribution in [0.2, 0.25) is 0 Å². The summed E-state index contributed by atoms with van der Waals surface area (Å²) in [6, 6.07) is 7.53. The second kappa shape index (κ2) is 10.2. The highest BCUT2D eigenvalue weighted by Crippen LogP contribution is 2.18. The van der Waals surface area contributed by atoms with E-state index in [4.69, 9.17) is 0 Å². The van der Waals surface area contributed by atoms with Crippen LogP contribution in [-0.4, -0.2) is 23.9 Å². The van der Waals surface area contributed by atoms with Crippen molar-refractivity contribution in [2.24, 2.45) is 0 Å². The van der Waals surface area contributed by atoms with Crippen molar-refractivity contribution >= 4 is 11.8 Å². The molecule has 25 heavy (non-hydrogen) atoms. The molecule has 0 heterocycles. The number of hydrogen-bond acceptors (Lipinski definition) is 2. The molecule has 2 amide bonds. The SMILES string of the molecule is CCCCC(CC)NC(=O)c1cccc(C(=O)NC2CCCCC2)c1. The molecule has 1 aliphatic carbocycles. The molecule has 0 bridgehead atoms. The Hall–Kier alpha value is -1.84. The molecule has 0 saturated heterocycles. The van der Waals surface area contributed by atoms with Crippen molar-refractivity contribution in [2.75, 3.05) is 0 Å². The standard InChI is InChI=1S/C21H32N2O2/c1-3-5-12-18(4-2)22-20(24)16-10-9-11-17(15-16)21(25)23-19-13-7-6-8-14-19/h9-11,15,18-19H,3-8,12-14H2,1-2H3,(H,22,24)(H,23,25). The first-order chi connectivity index (χ1) is 12.1. The van der Waals surface area contributed by atoms with Crippen molar-refractivity contribution < 1.29 is 9.59 Å². The summed E-state index contributed by atoms with van der Waals surface area (Å²) in [6.45, 7) is 4.25. The number of unbranched alkanes of at least 4 members (excludes halogenated alkanes) is 1. The molecular formula is C21H32N2O2. The minimum atomic E-state index is -0.0877. The predicted octanol–water partition coefficient (Wildman–Crippen LogP) is 4.45. The van der Waals surface area contributed by atoms with Crippen molar-refractivity contribution in [2.45, 2.75) is 83.7 Å². The quantitative estimate of drug-likeness (QED) is 0.732. The van der Waals surface area contributed by atoms with E-state index in [1.807, 2.05) is 0 Å². The summed E-state index contributed by atoms with van der Waals surface area (Å²) in [5.41, 5.74) is 1.13. The third kappa shape index (κ3) is 6.18. The number of nitrogens with one attached hydrogen (secondary N) is 2. The summed E-state index contributed by atoms with van der Waals surface area (Å²) in [4.78, 5) is 25.0. The van der Waals surface area contributed by atoms with Crippen LogP contribution < -0.4 is 10.6 Å². The van der Waals surface area contributed by atoms with Gasteiger partial charge >= 0.3 is 0 Å². The fraction of sp³-hybridized carbons (Fsp3) is 0.619. The second-order valence-corrected chi connectivity index (χ2v) is 7.11. The third-order valence-corrected chi connectivity index (χ3v) is 5.06. The molecule has 4 heteroatoms. The van der Waals surface area contributed by atoms with Crippen LogP contribution >= 0.6 is 0 Å². The van der Waals surface area contributed by atoms with Crippen LogP contribution in [-0.2, 0) is 0 Å². The van der Waals surface area contributed by atoms with Gasteiger partial charge in [0, 0.05) is 23.2 Å². The maximum absolute atomic E-state index is 12.5. The largest absolute Gasteiger partial charge is 0.349 e. The van der Waals surface area contributed by atoms with Crippen molar-refractivity contribution in [3.8, 4) is 0 Å². The van der Waals surface area contributed by atoms with Gasteiger partial charge < -0.3 is 10.6 Å². The molecule has 0 aromatic heterocycles. The monoisotopic (exact) mass is 344 g/mol. The van der Waals surface area contributed by atoms with E-state index in [0.717, 1.165) is 38.5 Å². The lowest BCUT2D eigenvalue weighted by Crippen LogP contribution is -2.36. The Kier molecular flexibility index (Phi) is 7.96. The van der Waals surface area contributed by atoms with Crippen molar-refractivity contribution in [3.05, 3.63) is 35.4 Å². The summed E-state index contributed by atoms with van der Waals surface area (Å²) in [5, 5.41) is 6.21. The Morgan fingerprint density at radius 3 is 2.40 bits per heavy atom. The maximum Gasteiger partial charge on any atom is 0.251 e. The van der Waals surface area contributed by atoms with Gasteiger partial charge in [-0.1, -0.05) is 52.0 Å². The zero-order chi connectivity index (χ0) is 18.1. The highest BCUT2D eigenvalue weighted by Gasteiger charge is 2.18. The number of carbonyl (C=O) groups is 2. The fourth-order valence-corrected chi connectivity index (χ4v) is 3.41. The smallest absolute Gasteiger partial charge is 0.251 e. The van der Waals surface area contributed by atoms with Crippen LogP contribution in [0.1, 0.15) is 92.4 Å². The number of benzene rings is 1. The maximum atomic E-state index is 12.5. The Morgan fingerprint density at radius 1 is 1.08 bits per heavy atom. The zero-order valence-electron chi connectivity index (χ0n) is 15.6. The first kappa shape index (κ1) is 19.5. The molecule has 2 rings (SSSR count). The summed E-state index contributed by atoms with van der Waals surface area (Å²) in [7, 11) is 0. The van der Waals surface area contributed by atoms with Gasteiger partial charge in [0.25, 0.3) is 11.8 Å². The number of carbonyl (C=O) groups excluding carboxylic acids is 2. The van der Waals surface area contributed by atoms with E-state index in [2.05, 4.69) is 24.5 Å². The molecule has 0 radical (unpaired) electrons. The van der Waals surface area contributed by atoms with Gasteiger partial charge in [0.15, 0.2) is 0 Å². The van der Waals surface area contributed by atoms with E-state index >= 15 is 0 Å². The van der Waals surface area contributed by atoms with Gasteiger partial charge in [-0.25, -0.2) is 0 Å². The summed E-state index contributed by atoms with van der Waals surface area (Å²) in [6.07, 6.45) is 9.91. The third-order valence-electron chi connectivity index (χ3n) is 5.06. The van der Waals surface area contributed by atoms with Gasteiger partial charge in [0.05, 0.1) is 0 Å². The average molecular weight is 344 g/mol. The molecule has 1 fully saturated rings. The Labute approximate surface area is 151 Å². The van der Waals surface area contributed by atoms with Gasteiger partial charge in [-0.2, -0.15) is 0 Å². The first-order valence-electron chi connectivity index (χ1n) is 9.85. The molecule has 0 aliphatic heterocycles. The Balaban J connectivity index is 1.96. The molecule has 0 spiro atoms. The van der Waals surface area contributed by atoms with Gasteiger partial charge in [-0.05, 0) is 43.9 Å². The molecule has 1 atom stereocenters. The van der Waals surface area contributed by atoms with Gasteiger partial charge in [0.1, 0.15) is 0 Å². The summed E-state index contributed by atoms with van der Waals surface area (Å²) < 4.78 is 0. The van der Waals surface area contributed by atoms with Gasteiger partial charge in [0.2, 0.25) is 0 Å². The highest BCUT2D eigenvalue weighted by molar-refractivity contribution is 5.99. The molecular weight excluding hydrogens is 312 g/mol. The van der Waals surface area contributed by atoms with Gasteiger partial charge in [-0.15, -0.1) is 0 Å². The van der Waals surface area contributed by atoms with Crippen LogP contribution in [0.25, 0.3) is 0 Å². The van der Waals surface area contributed by atoms with Gasteiger partial charge in [-0.3, -0.25) is 9.59 Å². The molecule has 1 aromatic carbocycles. The molecule has 1 unspecified atom stereocenters. The van der Waals surface area contributed by atoms with E-state index < -0.39 is 0 Å². The normalized spacial score (nSPS) is 16.2.